The number of hydrogen-bond donors (Lipinski definition) is 0. The average Bonchev–Trinajstić information content (AvgIpc) is 3.92. The van der Waals surface area contributed by atoms with Gasteiger partial charge in [-0.1, -0.05) is 194 Å². The van der Waals surface area contributed by atoms with E-state index < -0.39 is 5.41 Å². The molecule has 0 N–H and O–H groups in total. The molecule has 0 fully saturated rings. The van der Waals surface area contributed by atoms with Gasteiger partial charge in [-0.2, -0.15) is 0 Å². The molecule has 0 aromatic heterocycles. The summed E-state index contributed by atoms with van der Waals surface area (Å²) in [5.41, 5.74) is 20.8. The molecule has 3 aliphatic rings. The minimum Gasteiger partial charge on any atom is -0.0619 e. The Kier molecular flexibility index (Phi) is 6.05. The SMILES string of the molecule is c1cc(-c2ccc3c4c(c5ccccc5c3c2)-c2c(ccc3ccccc23)C42c3ccccc3-c3ccccc32)cc(-c2ccc3c4c(cccc24)-c2ccccc2-3)c1. The van der Waals surface area contributed by atoms with Gasteiger partial charge in [0.15, 0.2) is 0 Å². The lowest BCUT2D eigenvalue weighted by molar-refractivity contribution is 0.802. The fraction of sp³-hybridized carbons (Fsp3) is 0.0169. The van der Waals surface area contributed by atoms with Crippen molar-refractivity contribution in [3.63, 3.8) is 0 Å². The Bertz CT molecular complexity index is 3600. The van der Waals surface area contributed by atoms with Crippen LogP contribution in [0.3, 0.4) is 0 Å². The summed E-state index contributed by atoms with van der Waals surface area (Å²) >= 11 is 0. The fourth-order valence-corrected chi connectivity index (χ4v) is 11.7. The Hall–Kier alpha value is -7.54. The Balaban J connectivity index is 1.04. The van der Waals surface area contributed by atoms with Gasteiger partial charge in [-0.05, 0) is 144 Å². The van der Waals surface area contributed by atoms with E-state index in [0.29, 0.717) is 0 Å². The smallest absolute Gasteiger partial charge is 0.0619 e. The lowest BCUT2D eigenvalue weighted by atomic mass is 9.69. The van der Waals surface area contributed by atoms with Crippen LogP contribution < -0.4 is 0 Å². The van der Waals surface area contributed by atoms with Crippen molar-refractivity contribution >= 4 is 43.1 Å². The second kappa shape index (κ2) is 11.3. The molecule has 59 heavy (non-hydrogen) atoms. The van der Waals surface area contributed by atoms with E-state index >= 15 is 0 Å². The minimum absolute atomic E-state index is 0.457. The maximum absolute atomic E-state index is 2.47. The third kappa shape index (κ3) is 3.89. The highest BCUT2D eigenvalue weighted by molar-refractivity contribution is 6.23. The predicted molar refractivity (Wildman–Crippen MR) is 248 cm³/mol. The maximum atomic E-state index is 2.47. The first-order chi connectivity index (χ1) is 29.3. The van der Waals surface area contributed by atoms with E-state index in [0.717, 1.165) is 0 Å². The molecule has 11 aromatic rings. The minimum atomic E-state index is -0.457. The number of rotatable bonds is 2. The molecule has 0 bridgehead atoms. The summed E-state index contributed by atoms with van der Waals surface area (Å²) in [6.07, 6.45) is 0. The van der Waals surface area contributed by atoms with Crippen LogP contribution >= 0.6 is 0 Å². The highest BCUT2D eigenvalue weighted by Gasteiger charge is 2.53. The molecule has 3 aliphatic carbocycles. The molecule has 270 valence electrons. The third-order valence-electron chi connectivity index (χ3n) is 14.0. The summed E-state index contributed by atoms with van der Waals surface area (Å²) in [7, 11) is 0. The van der Waals surface area contributed by atoms with E-state index in [1.807, 2.05) is 0 Å². The van der Waals surface area contributed by atoms with Crippen molar-refractivity contribution in [1.82, 2.24) is 0 Å². The lowest BCUT2D eigenvalue weighted by Crippen LogP contribution is -2.26. The van der Waals surface area contributed by atoms with Gasteiger partial charge in [0.2, 0.25) is 0 Å². The van der Waals surface area contributed by atoms with Crippen molar-refractivity contribution in [3.05, 3.63) is 229 Å². The van der Waals surface area contributed by atoms with Gasteiger partial charge < -0.3 is 0 Å². The topological polar surface area (TPSA) is 0 Å². The first-order valence-corrected chi connectivity index (χ1v) is 20.8. The van der Waals surface area contributed by atoms with Gasteiger partial charge in [0.1, 0.15) is 0 Å². The van der Waals surface area contributed by atoms with Gasteiger partial charge in [0, 0.05) is 0 Å². The predicted octanol–water partition coefficient (Wildman–Crippen LogP) is 15.6. The molecule has 0 amide bonds. The molecule has 0 aliphatic heterocycles. The van der Waals surface area contributed by atoms with E-state index in [2.05, 4.69) is 206 Å². The van der Waals surface area contributed by atoms with Crippen molar-refractivity contribution in [1.29, 1.82) is 0 Å². The second-order valence-corrected chi connectivity index (χ2v) is 16.6. The maximum Gasteiger partial charge on any atom is 0.0732 e. The molecule has 0 nitrogen and oxygen atoms in total. The van der Waals surface area contributed by atoms with Crippen LogP contribution in [0.25, 0.3) is 110 Å². The summed E-state index contributed by atoms with van der Waals surface area (Å²) < 4.78 is 0. The van der Waals surface area contributed by atoms with E-state index in [9.17, 15) is 0 Å². The van der Waals surface area contributed by atoms with Gasteiger partial charge in [-0.15, -0.1) is 0 Å². The van der Waals surface area contributed by atoms with Crippen LogP contribution in [0.4, 0.5) is 0 Å². The van der Waals surface area contributed by atoms with Crippen molar-refractivity contribution in [2.75, 3.05) is 0 Å². The number of benzene rings is 11. The van der Waals surface area contributed by atoms with Gasteiger partial charge in [-0.25, -0.2) is 0 Å². The molecule has 0 radical (unpaired) electrons. The van der Waals surface area contributed by atoms with Crippen LogP contribution in [0.2, 0.25) is 0 Å². The third-order valence-corrected chi connectivity index (χ3v) is 14.0. The zero-order chi connectivity index (χ0) is 38.4. The highest BCUT2D eigenvalue weighted by Crippen LogP contribution is 2.66. The fourth-order valence-electron chi connectivity index (χ4n) is 11.7. The van der Waals surface area contributed by atoms with E-state index in [4.69, 9.17) is 0 Å². The first kappa shape index (κ1) is 31.5. The van der Waals surface area contributed by atoms with E-state index in [1.54, 1.807) is 0 Å². The molecule has 0 atom stereocenters. The lowest BCUT2D eigenvalue weighted by Gasteiger charge is -2.32. The standard InChI is InChI=1S/C59H34/c1-2-16-40-35(13-1)28-32-54-56(40)57-48-22-6-5-19-43(48)51-34-37(27-29-50(51)58(57)59(54)52-25-9-7-20-44(52)45-21-8-10-26-53(45)59)36-14-11-15-38(33-36)39-30-31-49-42-18-4-3-17-41(42)47-24-12-23-46(39)55(47)49/h1-34H. The summed E-state index contributed by atoms with van der Waals surface area (Å²) in [5.74, 6) is 0. The van der Waals surface area contributed by atoms with Crippen LogP contribution in [0.15, 0.2) is 206 Å². The largest absolute Gasteiger partial charge is 0.0732 e. The molecule has 0 saturated carbocycles. The van der Waals surface area contributed by atoms with Crippen LogP contribution in [-0.2, 0) is 5.41 Å². The normalized spacial score (nSPS) is 13.6. The first-order valence-electron chi connectivity index (χ1n) is 20.8. The Labute approximate surface area is 342 Å². The van der Waals surface area contributed by atoms with Crippen LogP contribution in [0.5, 0.6) is 0 Å². The zero-order valence-corrected chi connectivity index (χ0v) is 32.1. The molecule has 0 heteroatoms. The van der Waals surface area contributed by atoms with Gasteiger partial charge >= 0.3 is 0 Å². The molecule has 0 saturated heterocycles. The molecule has 11 aromatic carbocycles. The number of hydrogen-bond acceptors (Lipinski definition) is 0. The Morgan fingerprint density at radius 3 is 1.63 bits per heavy atom. The summed E-state index contributed by atoms with van der Waals surface area (Å²) in [5, 5.41) is 10.5. The second-order valence-electron chi connectivity index (χ2n) is 16.6. The van der Waals surface area contributed by atoms with Crippen molar-refractivity contribution < 1.29 is 0 Å². The van der Waals surface area contributed by atoms with Crippen molar-refractivity contribution in [2.45, 2.75) is 5.41 Å². The molecule has 1 spiro atoms. The molecule has 0 heterocycles. The molecular weight excluding hydrogens is 709 g/mol. The summed E-state index contributed by atoms with van der Waals surface area (Å²) in [6.45, 7) is 0. The monoisotopic (exact) mass is 742 g/mol. The zero-order valence-electron chi connectivity index (χ0n) is 32.1. The average molecular weight is 743 g/mol. The van der Waals surface area contributed by atoms with Gasteiger partial charge in [0.25, 0.3) is 0 Å². The Morgan fingerprint density at radius 2 is 0.831 bits per heavy atom. The summed E-state index contributed by atoms with van der Waals surface area (Å²) in [4.78, 5) is 0. The van der Waals surface area contributed by atoms with E-state index in [1.165, 1.54) is 132 Å². The van der Waals surface area contributed by atoms with Crippen molar-refractivity contribution in [2.24, 2.45) is 0 Å². The summed E-state index contributed by atoms with van der Waals surface area (Å²) in [6, 6.07) is 78.0. The number of fused-ring (bicyclic) bond motifs is 20. The van der Waals surface area contributed by atoms with Crippen LogP contribution in [0, 0.1) is 0 Å². The van der Waals surface area contributed by atoms with E-state index in [-0.39, 0.29) is 0 Å². The van der Waals surface area contributed by atoms with Gasteiger partial charge in [0.05, 0.1) is 5.41 Å². The quantitative estimate of drug-likeness (QED) is 0.155. The van der Waals surface area contributed by atoms with Crippen molar-refractivity contribution in [3.8, 4) is 66.8 Å². The van der Waals surface area contributed by atoms with Crippen LogP contribution in [0.1, 0.15) is 22.3 Å². The molecule has 0 unspecified atom stereocenters. The Morgan fingerprint density at radius 1 is 0.254 bits per heavy atom. The highest BCUT2D eigenvalue weighted by atomic mass is 14.5. The van der Waals surface area contributed by atoms with Crippen LogP contribution in [-0.4, -0.2) is 0 Å². The van der Waals surface area contributed by atoms with Gasteiger partial charge in [-0.3, -0.25) is 0 Å². The molecule has 14 rings (SSSR count). The molecular formula is C59H34.